The molecule has 6 heteroatoms. The highest BCUT2D eigenvalue weighted by molar-refractivity contribution is 7.80. The van der Waals surface area contributed by atoms with Gasteiger partial charge in [-0.15, -0.1) is 0 Å². The van der Waals surface area contributed by atoms with Gasteiger partial charge in [0.2, 0.25) is 0 Å². The quantitative estimate of drug-likeness (QED) is 0.383. The van der Waals surface area contributed by atoms with Gasteiger partial charge in [-0.3, -0.25) is 9.59 Å². The van der Waals surface area contributed by atoms with E-state index in [2.05, 4.69) is 10.6 Å². The van der Waals surface area contributed by atoms with Crippen molar-refractivity contribution in [1.29, 1.82) is 0 Å². The van der Waals surface area contributed by atoms with Crippen molar-refractivity contribution in [1.82, 2.24) is 10.2 Å². The molecule has 1 aromatic carbocycles. The minimum absolute atomic E-state index is 0.0873. The summed E-state index contributed by atoms with van der Waals surface area (Å²) >= 11 is 5.11. The largest absolute Gasteiger partial charge is 0.360 e. The fraction of sp³-hybridized carbons (Fsp3) is 0.267. The summed E-state index contributed by atoms with van der Waals surface area (Å²) < 4.78 is 0. The van der Waals surface area contributed by atoms with Gasteiger partial charge in [-0.1, -0.05) is 18.2 Å². The van der Waals surface area contributed by atoms with Crippen LogP contribution < -0.4 is 10.6 Å². The molecule has 5 nitrogen and oxygen atoms in total. The summed E-state index contributed by atoms with van der Waals surface area (Å²) in [4.78, 5) is 25.7. The number of hydrogen-bond acceptors (Lipinski definition) is 3. The molecule has 110 valence electrons. The van der Waals surface area contributed by atoms with Crippen LogP contribution in [0.1, 0.15) is 12.5 Å². The van der Waals surface area contributed by atoms with Gasteiger partial charge < -0.3 is 15.5 Å². The standard InChI is InChI=1S/C15H17N3O2S/c1-10-5-3-4-6-13(10)17-14(20)12(11(2)19)9-18-8-7-16-15(18)21/h3-6,9H,7-8H2,1-2H3,(H,16,21)(H,17,20)/b12-9-. The molecule has 1 aliphatic heterocycles. The van der Waals surface area contributed by atoms with Crippen molar-refractivity contribution >= 4 is 34.7 Å². The predicted molar refractivity (Wildman–Crippen MR) is 85.9 cm³/mol. The lowest BCUT2D eigenvalue weighted by molar-refractivity contribution is -0.119. The first-order valence-electron chi connectivity index (χ1n) is 6.63. The zero-order valence-electron chi connectivity index (χ0n) is 12.0. The molecule has 21 heavy (non-hydrogen) atoms. The Kier molecular flexibility index (Phi) is 4.70. The topological polar surface area (TPSA) is 61.4 Å². The lowest BCUT2D eigenvalue weighted by Gasteiger charge is -2.14. The van der Waals surface area contributed by atoms with Crippen LogP contribution in [0.2, 0.25) is 0 Å². The van der Waals surface area contributed by atoms with Gasteiger partial charge in [0.15, 0.2) is 10.9 Å². The van der Waals surface area contributed by atoms with Gasteiger partial charge in [0.1, 0.15) is 0 Å². The van der Waals surface area contributed by atoms with Crippen LogP contribution in [0.4, 0.5) is 5.69 Å². The van der Waals surface area contributed by atoms with Gasteiger partial charge in [0, 0.05) is 25.0 Å². The number of thiocarbonyl (C=S) groups is 1. The van der Waals surface area contributed by atoms with Gasteiger partial charge >= 0.3 is 0 Å². The molecule has 0 aromatic heterocycles. The van der Waals surface area contributed by atoms with Gasteiger partial charge in [-0.25, -0.2) is 0 Å². The maximum Gasteiger partial charge on any atom is 0.260 e. The summed E-state index contributed by atoms with van der Waals surface area (Å²) in [6.07, 6.45) is 1.51. The fourth-order valence-corrected chi connectivity index (χ4v) is 2.22. The third-order valence-corrected chi connectivity index (χ3v) is 3.57. The molecule has 1 fully saturated rings. The van der Waals surface area contributed by atoms with E-state index < -0.39 is 5.91 Å². The first-order valence-corrected chi connectivity index (χ1v) is 7.04. The van der Waals surface area contributed by atoms with Crippen molar-refractivity contribution in [2.24, 2.45) is 0 Å². The number of carbonyl (C=O) groups excluding carboxylic acids is 2. The molecule has 0 aliphatic carbocycles. The number of benzene rings is 1. The summed E-state index contributed by atoms with van der Waals surface area (Å²) in [6, 6.07) is 7.42. The van der Waals surface area contributed by atoms with Crippen molar-refractivity contribution in [3.8, 4) is 0 Å². The molecular weight excluding hydrogens is 286 g/mol. The Bertz CT molecular complexity index is 625. The van der Waals surface area contributed by atoms with E-state index in [-0.39, 0.29) is 11.4 Å². The molecule has 0 bridgehead atoms. The number of hydrogen-bond donors (Lipinski definition) is 2. The van der Waals surface area contributed by atoms with Gasteiger partial charge in [-0.2, -0.15) is 0 Å². The highest BCUT2D eigenvalue weighted by atomic mass is 32.1. The minimum Gasteiger partial charge on any atom is -0.360 e. The van der Waals surface area contributed by atoms with E-state index in [1.165, 1.54) is 13.1 Å². The van der Waals surface area contributed by atoms with E-state index in [0.717, 1.165) is 5.56 Å². The number of nitrogens with zero attached hydrogens (tertiary/aromatic N) is 1. The number of aryl methyl sites for hydroxylation is 1. The van der Waals surface area contributed by atoms with Crippen molar-refractivity contribution in [3.05, 3.63) is 41.6 Å². The molecule has 1 amide bonds. The van der Waals surface area contributed by atoms with Gasteiger partial charge in [-0.05, 0) is 37.7 Å². The monoisotopic (exact) mass is 303 g/mol. The van der Waals surface area contributed by atoms with E-state index >= 15 is 0 Å². The Morgan fingerprint density at radius 2 is 2.10 bits per heavy atom. The van der Waals surface area contributed by atoms with Gasteiger partial charge in [0.25, 0.3) is 5.91 Å². The molecule has 1 saturated heterocycles. The van der Waals surface area contributed by atoms with E-state index in [9.17, 15) is 9.59 Å². The highest BCUT2D eigenvalue weighted by Gasteiger charge is 2.20. The average molecular weight is 303 g/mol. The van der Waals surface area contributed by atoms with Crippen LogP contribution in [0.5, 0.6) is 0 Å². The molecule has 1 heterocycles. The molecule has 0 unspecified atom stereocenters. The SMILES string of the molecule is CC(=O)/C(=C/N1CCNC1=S)C(=O)Nc1ccccc1C. The lowest BCUT2D eigenvalue weighted by Crippen LogP contribution is -2.27. The maximum absolute atomic E-state index is 12.3. The fourth-order valence-electron chi connectivity index (χ4n) is 1.98. The second kappa shape index (κ2) is 6.49. The normalized spacial score (nSPS) is 14.9. The molecular formula is C15H17N3O2S. The second-order valence-corrected chi connectivity index (χ2v) is 5.18. The van der Waals surface area contributed by atoms with Crippen molar-refractivity contribution < 1.29 is 9.59 Å². The Balaban J connectivity index is 2.20. The van der Waals surface area contributed by atoms with Crippen LogP contribution in [0.3, 0.4) is 0 Å². The number of nitrogens with one attached hydrogen (secondary N) is 2. The van der Waals surface area contributed by atoms with Crippen molar-refractivity contribution in [3.63, 3.8) is 0 Å². The molecule has 2 rings (SSSR count). The molecule has 1 aromatic rings. The van der Waals surface area contributed by atoms with Crippen LogP contribution in [0.15, 0.2) is 36.0 Å². The number of para-hydroxylation sites is 1. The van der Waals surface area contributed by atoms with Gasteiger partial charge in [0.05, 0.1) is 5.57 Å². The first kappa shape index (κ1) is 15.2. The molecule has 2 N–H and O–H groups in total. The number of carbonyl (C=O) groups is 2. The Hall–Kier alpha value is -2.21. The van der Waals surface area contributed by atoms with Crippen LogP contribution in [-0.2, 0) is 9.59 Å². The smallest absolute Gasteiger partial charge is 0.260 e. The van der Waals surface area contributed by atoms with Crippen LogP contribution in [-0.4, -0.2) is 34.8 Å². The second-order valence-electron chi connectivity index (χ2n) is 4.79. The Morgan fingerprint density at radius 1 is 1.38 bits per heavy atom. The average Bonchev–Trinajstić information content (AvgIpc) is 2.83. The molecule has 0 saturated carbocycles. The molecule has 0 spiro atoms. The van der Waals surface area contributed by atoms with Crippen molar-refractivity contribution in [2.45, 2.75) is 13.8 Å². The summed E-state index contributed by atoms with van der Waals surface area (Å²) in [5.74, 6) is -0.720. The van der Waals surface area contributed by atoms with E-state index in [1.807, 2.05) is 25.1 Å². The Labute approximate surface area is 129 Å². The summed E-state index contributed by atoms with van der Waals surface area (Å²) in [7, 11) is 0. The van der Waals surface area contributed by atoms with E-state index in [4.69, 9.17) is 12.2 Å². The van der Waals surface area contributed by atoms with Crippen molar-refractivity contribution in [2.75, 3.05) is 18.4 Å². The molecule has 0 radical (unpaired) electrons. The predicted octanol–water partition coefficient (Wildman–Crippen LogP) is 1.60. The Morgan fingerprint density at radius 3 is 2.67 bits per heavy atom. The zero-order valence-corrected chi connectivity index (χ0v) is 12.8. The summed E-state index contributed by atoms with van der Waals surface area (Å²) in [5, 5.41) is 6.27. The lowest BCUT2D eigenvalue weighted by atomic mass is 10.1. The molecule has 0 atom stereocenters. The van der Waals surface area contributed by atoms with E-state index in [0.29, 0.717) is 23.9 Å². The number of Topliss-reactive ketones (excluding diaryl/α,β-unsaturated/α-hetero) is 1. The third kappa shape index (κ3) is 3.66. The van der Waals surface area contributed by atoms with Crippen LogP contribution in [0, 0.1) is 6.92 Å². The third-order valence-electron chi connectivity index (χ3n) is 3.19. The first-order chi connectivity index (χ1) is 9.99. The minimum atomic E-state index is -0.425. The summed E-state index contributed by atoms with van der Waals surface area (Å²) in [6.45, 7) is 4.62. The van der Waals surface area contributed by atoms with Crippen LogP contribution in [0.25, 0.3) is 0 Å². The number of amides is 1. The van der Waals surface area contributed by atoms with E-state index in [1.54, 1.807) is 11.0 Å². The molecule has 1 aliphatic rings. The van der Waals surface area contributed by atoms with Crippen LogP contribution >= 0.6 is 12.2 Å². The summed E-state index contributed by atoms with van der Waals surface area (Å²) in [5.41, 5.74) is 1.72. The number of anilines is 1. The highest BCUT2D eigenvalue weighted by Crippen LogP contribution is 2.15. The number of rotatable bonds is 4. The number of ketones is 1. The maximum atomic E-state index is 12.3. The zero-order chi connectivity index (χ0) is 15.4.